The van der Waals surface area contributed by atoms with E-state index in [1.807, 2.05) is 11.8 Å². The second kappa shape index (κ2) is 9.86. The van der Waals surface area contributed by atoms with Crippen LogP contribution in [0, 0.1) is 0 Å². The summed E-state index contributed by atoms with van der Waals surface area (Å²) in [5, 5.41) is 0. The van der Waals surface area contributed by atoms with E-state index in [-0.39, 0.29) is 34.9 Å². The number of nitrogens with two attached hydrogens (primary N) is 1. The highest BCUT2D eigenvalue weighted by Crippen LogP contribution is 2.32. The number of morpholine rings is 2. The minimum atomic E-state index is -2.74. The Morgan fingerprint density at radius 2 is 1.78 bits per heavy atom. The molecule has 2 aromatic rings. The third-order valence-corrected chi connectivity index (χ3v) is 5.78. The Morgan fingerprint density at radius 1 is 1.09 bits per heavy atom. The van der Waals surface area contributed by atoms with Crippen LogP contribution in [0.4, 0.5) is 26.5 Å². The Labute approximate surface area is 186 Å². The summed E-state index contributed by atoms with van der Waals surface area (Å²) in [6.07, 6.45) is 0.465. The van der Waals surface area contributed by atoms with Crippen molar-refractivity contribution in [2.75, 3.05) is 55.1 Å². The average molecular weight is 450 g/mol. The summed E-state index contributed by atoms with van der Waals surface area (Å²) in [5.41, 5.74) is 5.57. The van der Waals surface area contributed by atoms with Crippen molar-refractivity contribution in [3.05, 3.63) is 17.8 Å². The molecule has 2 aliphatic rings. The van der Waals surface area contributed by atoms with Crippen LogP contribution < -0.4 is 15.5 Å². The van der Waals surface area contributed by atoms with E-state index in [9.17, 15) is 8.78 Å². The molecular formula is C21H29F2N7O2. The standard InChI is InChI=1S/C21H29F2N7O2/c1-3-4-14-12-32-8-6-30(14)21-27-19(16-10-25-17(24)9-15(16)18(22)23)26-20(28-21)29-5-7-31-11-13(29)2/h9-10,13-14,18H,3-8,11-12H2,1-2H3,(H2,24,25)/t13-,14-/m1/s1. The second-order valence-electron chi connectivity index (χ2n) is 8.08. The normalized spacial score (nSPS) is 21.9. The Balaban J connectivity index is 1.83. The Bertz CT molecular complexity index is 931. The molecule has 0 unspecified atom stereocenters. The first-order valence-corrected chi connectivity index (χ1v) is 11.0. The van der Waals surface area contributed by atoms with E-state index in [1.54, 1.807) is 0 Å². The highest BCUT2D eigenvalue weighted by atomic mass is 19.3. The number of pyridine rings is 1. The van der Waals surface area contributed by atoms with Crippen LogP contribution in [0.2, 0.25) is 0 Å². The lowest BCUT2D eigenvalue weighted by Crippen LogP contribution is -2.47. The molecule has 4 rings (SSSR count). The maximum Gasteiger partial charge on any atom is 0.264 e. The Morgan fingerprint density at radius 3 is 2.47 bits per heavy atom. The molecule has 2 fully saturated rings. The monoisotopic (exact) mass is 449 g/mol. The van der Waals surface area contributed by atoms with Gasteiger partial charge < -0.3 is 25.0 Å². The molecule has 0 saturated carbocycles. The minimum Gasteiger partial charge on any atom is -0.384 e. The summed E-state index contributed by atoms with van der Waals surface area (Å²) in [6.45, 7) is 7.56. The SMILES string of the molecule is CCC[C@@H]1COCCN1c1nc(-c2cnc(N)cc2C(F)F)nc(N2CCOC[C@H]2C)n1. The number of rotatable bonds is 6. The molecule has 174 valence electrons. The fraction of sp³-hybridized carbons (Fsp3) is 0.619. The lowest BCUT2D eigenvalue weighted by Gasteiger charge is -2.37. The van der Waals surface area contributed by atoms with E-state index < -0.39 is 6.43 Å². The van der Waals surface area contributed by atoms with Crippen LogP contribution in [0.3, 0.4) is 0 Å². The largest absolute Gasteiger partial charge is 0.384 e. The Hall–Kier alpha value is -2.66. The van der Waals surface area contributed by atoms with Gasteiger partial charge in [0.25, 0.3) is 6.43 Å². The number of alkyl halides is 2. The van der Waals surface area contributed by atoms with Gasteiger partial charge in [-0.2, -0.15) is 15.0 Å². The van der Waals surface area contributed by atoms with Crippen molar-refractivity contribution in [3.63, 3.8) is 0 Å². The molecule has 2 aromatic heterocycles. The summed E-state index contributed by atoms with van der Waals surface area (Å²) in [4.78, 5) is 22.1. The van der Waals surface area contributed by atoms with Crippen LogP contribution in [0.1, 0.15) is 38.7 Å². The van der Waals surface area contributed by atoms with Crippen molar-refractivity contribution in [1.29, 1.82) is 0 Å². The van der Waals surface area contributed by atoms with Gasteiger partial charge in [0.15, 0.2) is 5.82 Å². The molecule has 2 atom stereocenters. The average Bonchev–Trinajstić information content (AvgIpc) is 2.79. The van der Waals surface area contributed by atoms with Gasteiger partial charge in [0.05, 0.1) is 38.5 Å². The predicted molar refractivity (Wildman–Crippen MR) is 117 cm³/mol. The number of aromatic nitrogens is 4. The number of anilines is 3. The van der Waals surface area contributed by atoms with Crippen molar-refractivity contribution in [3.8, 4) is 11.4 Å². The van der Waals surface area contributed by atoms with Gasteiger partial charge in [-0.25, -0.2) is 13.8 Å². The molecule has 2 saturated heterocycles. The lowest BCUT2D eigenvalue weighted by atomic mass is 10.1. The zero-order chi connectivity index (χ0) is 22.7. The van der Waals surface area contributed by atoms with E-state index in [1.165, 1.54) is 12.3 Å². The molecule has 0 amide bonds. The van der Waals surface area contributed by atoms with Gasteiger partial charge in [-0.15, -0.1) is 0 Å². The zero-order valence-corrected chi connectivity index (χ0v) is 18.4. The van der Waals surface area contributed by atoms with Gasteiger partial charge in [-0.1, -0.05) is 13.3 Å². The van der Waals surface area contributed by atoms with Crippen molar-refractivity contribution >= 4 is 17.7 Å². The lowest BCUT2D eigenvalue weighted by molar-refractivity contribution is 0.0902. The van der Waals surface area contributed by atoms with Gasteiger partial charge in [0, 0.05) is 30.4 Å². The van der Waals surface area contributed by atoms with E-state index in [0.717, 1.165) is 12.8 Å². The maximum absolute atomic E-state index is 13.8. The first-order chi connectivity index (χ1) is 15.5. The summed E-state index contributed by atoms with van der Waals surface area (Å²) in [7, 11) is 0. The third-order valence-electron chi connectivity index (χ3n) is 5.78. The van der Waals surface area contributed by atoms with Crippen LogP contribution in [-0.4, -0.2) is 71.5 Å². The van der Waals surface area contributed by atoms with Crippen LogP contribution in [0.25, 0.3) is 11.4 Å². The van der Waals surface area contributed by atoms with Crippen LogP contribution in [0.5, 0.6) is 0 Å². The Kier molecular flexibility index (Phi) is 6.95. The molecule has 0 spiro atoms. The molecule has 0 bridgehead atoms. The van der Waals surface area contributed by atoms with Crippen molar-refractivity contribution in [2.45, 2.75) is 45.2 Å². The van der Waals surface area contributed by atoms with Crippen LogP contribution >= 0.6 is 0 Å². The zero-order valence-electron chi connectivity index (χ0n) is 18.4. The van der Waals surface area contributed by atoms with Crippen LogP contribution in [-0.2, 0) is 9.47 Å². The molecule has 2 N–H and O–H groups in total. The molecule has 0 aliphatic carbocycles. The number of halogens is 2. The van der Waals surface area contributed by atoms with Crippen LogP contribution in [0.15, 0.2) is 12.3 Å². The topological polar surface area (TPSA) is 103 Å². The predicted octanol–water partition coefficient (Wildman–Crippen LogP) is 2.68. The van der Waals surface area contributed by atoms with E-state index in [4.69, 9.17) is 20.2 Å². The quantitative estimate of drug-likeness (QED) is 0.713. The molecule has 0 aromatic carbocycles. The number of nitrogens with zero attached hydrogens (tertiary/aromatic N) is 6. The highest BCUT2D eigenvalue weighted by Gasteiger charge is 2.29. The van der Waals surface area contributed by atoms with Gasteiger partial charge in [0.2, 0.25) is 11.9 Å². The summed E-state index contributed by atoms with van der Waals surface area (Å²) in [5.74, 6) is 1.09. The molecule has 0 radical (unpaired) electrons. The molecule has 2 aliphatic heterocycles. The van der Waals surface area contributed by atoms with Crippen molar-refractivity contribution < 1.29 is 18.3 Å². The molecular weight excluding hydrogens is 420 g/mol. The molecule has 4 heterocycles. The van der Waals surface area contributed by atoms with E-state index >= 15 is 0 Å². The van der Waals surface area contributed by atoms with Gasteiger partial charge in [0.1, 0.15) is 5.82 Å². The highest BCUT2D eigenvalue weighted by molar-refractivity contribution is 5.64. The molecule has 32 heavy (non-hydrogen) atoms. The fourth-order valence-electron chi connectivity index (χ4n) is 4.10. The smallest absolute Gasteiger partial charge is 0.264 e. The van der Waals surface area contributed by atoms with Gasteiger partial charge >= 0.3 is 0 Å². The third kappa shape index (κ3) is 4.73. The second-order valence-corrected chi connectivity index (χ2v) is 8.08. The summed E-state index contributed by atoms with van der Waals surface area (Å²) >= 11 is 0. The molecule has 11 heteroatoms. The number of nitrogen functional groups attached to an aromatic ring is 1. The fourth-order valence-corrected chi connectivity index (χ4v) is 4.10. The summed E-state index contributed by atoms with van der Waals surface area (Å²) in [6, 6.07) is 1.33. The molecule has 9 nitrogen and oxygen atoms in total. The van der Waals surface area contributed by atoms with Gasteiger partial charge in [-0.3, -0.25) is 0 Å². The number of ether oxygens (including phenoxy) is 2. The number of hydrogen-bond acceptors (Lipinski definition) is 9. The van der Waals surface area contributed by atoms with Crippen molar-refractivity contribution in [1.82, 2.24) is 19.9 Å². The summed E-state index contributed by atoms with van der Waals surface area (Å²) < 4.78 is 38.8. The minimum absolute atomic E-state index is 0.0246. The van der Waals surface area contributed by atoms with E-state index in [0.29, 0.717) is 51.4 Å². The van der Waals surface area contributed by atoms with Crippen molar-refractivity contribution in [2.24, 2.45) is 0 Å². The first-order valence-electron chi connectivity index (χ1n) is 11.0. The maximum atomic E-state index is 13.8. The van der Waals surface area contributed by atoms with E-state index in [2.05, 4.69) is 26.8 Å². The van der Waals surface area contributed by atoms with Gasteiger partial charge in [-0.05, 0) is 19.4 Å². The first kappa shape index (κ1) is 22.5. The number of hydrogen-bond donors (Lipinski definition) is 1.